The number of benzene rings is 1. The lowest BCUT2D eigenvalue weighted by molar-refractivity contribution is -0.129. The van der Waals surface area contributed by atoms with Crippen molar-refractivity contribution >= 4 is 5.91 Å². The zero-order valence-electron chi connectivity index (χ0n) is 17.2. The number of rotatable bonds is 5. The molecular formula is C23H25N5O2. The van der Waals surface area contributed by atoms with Crippen molar-refractivity contribution in [1.29, 1.82) is 0 Å². The van der Waals surface area contributed by atoms with E-state index in [0.29, 0.717) is 11.5 Å². The van der Waals surface area contributed by atoms with Crippen LogP contribution in [0.2, 0.25) is 0 Å². The molecule has 0 unspecified atom stereocenters. The average Bonchev–Trinajstić information content (AvgIpc) is 3.22. The molecule has 1 aliphatic heterocycles. The number of carbonyl (C=O) groups is 1. The Balaban J connectivity index is 1.47. The molecule has 2 aromatic heterocycles. The van der Waals surface area contributed by atoms with Crippen LogP contribution >= 0.6 is 0 Å². The van der Waals surface area contributed by atoms with E-state index in [-0.39, 0.29) is 17.5 Å². The lowest BCUT2D eigenvalue weighted by atomic mass is 10.1. The number of carbonyl (C=O) groups excluding carboxylic acids is 1. The van der Waals surface area contributed by atoms with Crippen molar-refractivity contribution in [3.63, 3.8) is 0 Å². The predicted molar refractivity (Wildman–Crippen MR) is 116 cm³/mol. The molecule has 1 fully saturated rings. The van der Waals surface area contributed by atoms with E-state index in [9.17, 15) is 9.59 Å². The first-order valence-corrected chi connectivity index (χ1v) is 10.1. The number of likely N-dealkylation sites (N-methyl/N-ethyl adjacent to an activating group) is 1. The molecule has 3 aromatic rings. The average molecular weight is 403 g/mol. The van der Waals surface area contributed by atoms with Gasteiger partial charge in [-0.2, -0.15) is 0 Å². The summed E-state index contributed by atoms with van der Waals surface area (Å²) in [6.45, 7) is 4.32. The Morgan fingerprint density at radius 2 is 2.03 bits per heavy atom. The first-order chi connectivity index (χ1) is 14.5. The lowest BCUT2D eigenvalue weighted by Crippen LogP contribution is -2.37. The van der Waals surface area contributed by atoms with Crippen LogP contribution in [0.25, 0.3) is 22.6 Å². The van der Waals surface area contributed by atoms with Gasteiger partial charge in [0.1, 0.15) is 5.82 Å². The molecule has 3 heterocycles. The van der Waals surface area contributed by atoms with Gasteiger partial charge in [-0.25, -0.2) is 4.98 Å². The summed E-state index contributed by atoms with van der Waals surface area (Å²) in [6.07, 6.45) is 4.39. The first kappa shape index (κ1) is 20.0. The van der Waals surface area contributed by atoms with Crippen LogP contribution < -0.4 is 5.56 Å². The Kier molecular flexibility index (Phi) is 5.72. The van der Waals surface area contributed by atoms with Crippen molar-refractivity contribution in [2.24, 2.45) is 0 Å². The van der Waals surface area contributed by atoms with E-state index in [4.69, 9.17) is 0 Å². The summed E-state index contributed by atoms with van der Waals surface area (Å²) in [5, 5.41) is 0. The Bertz CT molecular complexity index is 1080. The van der Waals surface area contributed by atoms with Crippen molar-refractivity contribution in [3.05, 3.63) is 70.8 Å². The molecule has 30 heavy (non-hydrogen) atoms. The second-order valence-electron chi connectivity index (χ2n) is 7.73. The standard InChI is InChI=1S/C23H25N5O2/c1-16(29)27(2)20-9-11-28(15-20)14-17-5-7-18(8-6-17)23-25-21(12-22(30)26-23)19-4-3-10-24-13-19/h3-8,10,12-13,20H,9,11,14-15H2,1-2H3,(H,25,26,30)/t20-/m0/s1. The number of aromatic amines is 1. The van der Waals surface area contributed by atoms with E-state index >= 15 is 0 Å². The molecular weight excluding hydrogens is 378 g/mol. The third-order valence-electron chi connectivity index (χ3n) is 5.62. The van der Waals surface area contributed by atoms with E-state index in [0.717, 1.165) is 37.2 Å². The summed E-state index contributed by atoms with van der Waals surface area (Å²) < 4.78 is 0. The monoisotopic (exact) mass is 403 g/mol. The van der Waals surface area contributed by atoms with Crippen LogP contribution in [0, 0.1) is 0 Å². The van der Waals surface area contributed by atoms with Gasteiger partial charge in [0.2, 0.25) is 5.91 Å². The lowest BCUT2D eigenvalue weighted by Gasteiger charge is -2.23. The Hall–Kier alpha value is -3.32. The molecule has 1 aliphatic rings. The Morgan fingerprint density at radius 3 is 2.73 bits per heavy atom. The second kappa shape index (κ2) is 8.59. The van der Waals surface area contributed by atoms with Gasteiger partial charge < -0.3 is 9.88 Å². The van der Waals surface area contributed by atoms with E-state index in [1.54, 1.807) is 19.3 Å². The van der Waals surface area contributed by atoms with Gasteiger partial charge in [-0.05, 0) is 24.1 Å². The highest BCUT2D eigenvalue weighted by Crippen LogP contribution is 2.21. The highest BCUT2D eigenvalue weighted by Gasteiger charge is 2.26. The van der Waals surface area contributed by atoms with Crippen LogP contribution in [0.3, 0.4) is 0 Å². The van der Waals surface area contributed by atoms with Crippen LogP contribution in [0.4, 0.5) is 0 Å². The van der Waals surface area contributed by atoms with Crippen LogP contribution in [-0.4, -0.2) is 56.8 Å². The van der Waals surface area contributed by atoms with E-state index < -0.39 is 0 Å². The molecule has 1 atom stereocenters. The summed E-state index contributed by atoms with van der Waals surface area (Å²) in [5.41, 5.74) is 3.26. The maximum absolute atomic E-state index is 12.1. The molecule has 7 nitrogen and oxygen atoms in total. The number of H-pyrrole nitrogens is 1. The molecule has 1 N–H and O–H groups in total. The predicted octanol–water partition coefficient (Wildman–Crippen LogP) is 2.55. The number of likely N-dealkylation sites (tertiary alicyclic amines) is 1. The molecule has 1 aromatic carbocycles. The molecule has 0 radical (unpaired) electrons. The van der Waals surface area contributed by atoms with Crippen molar-refractivity contribution in [2.45, 2.75) is 25.9 Å². The van der Waals surface area contributed by atoms with Crippen molar-refractivity contribution in [2.75, 3.05) is 20.1 Å². The zero-order valence-corrected chi connectivity index (χ0v) is 17.2. The summed E-state index contributed by atoms with van der Waals surface area (Å²) in [6, 6.07) is 13.6. The highest BCUT2D eigenvalue weighted by atomic mass is 16.2. The van der Waals surface area contributed by atoms with Gasteiger partial charge in [0.25, 0.3) is 5.56 Å². The SMILES string of the molecule is CC(=O)N(C)[C@H]1CCN(Cc2ccc(-c3nc(-c4cccnc4)cc(=O)[nH]3)cc2)C1. The first-order valence-electron chi connectivity index (χ1n) is 10.1. The minimum atomic E-state index is -0.194. The van der Waals surface area contributed by atoms with Gasteiger partial charge >= 0.3 is 0 Å². The normalized spacial score (nSPS) is 16.5. The Labute approximate surface area is 175 Å². The maximum Gasteiger partial charge on any atom is 0.251 e. The summed E-state index contributed by atoms with van der Waals surface area (Å²) in [5.74, 6) is 0.651. The number of pyridine rings is 1. The maximum atomic E-state index is 12.1. The number of nitrogens with zero attached hydrogens (tertiary/aromatic N) is 4. The topological polar surface area (TPSA) is 82.2 Å². The largest absolute Gasteiger partial charge is 0.342 e. The number of hydrogen-bond donors (Lipinski definition) is 1. The van der Waals surface area contributed by atoms with Crippen molar-refractivity contribution in [3.8, 4) is 22.6 Å². The smallest absolute Gasteiger partial charge is 0.251 e. The van der Waals surface area contributed by atoms with Gasteiger partial charge in [0.15, 0.2) is 0 Å². The van der Waals surface area contributed by atoms with Crippen LogP contribution in [0.15, 0.2) is 59.7 Å². The summed E-state index contributed by atoms with van der Waals surface area (Å²) in [4.78, 5) is 39.4. The molecule has 7 heteroatoms. The second-order valence-corrected chi connectivity index (χ2v) is 7.73. The highest BCUT2D eigenvalue weighted by molar-refractivity contribution is 5.73. The van der Waals surface area contributed by atoms with Gasteiger partial charge in [0.05, 0.1) is 5.69 Å². The third kappa shape index (κ3) is 4.46. The fourth-order valence-electron chi connectivity index (χ4n) is 3.81. The molecule has 154 valence electrons. The van der Waals surface area contributed by atoms with Crippen LogP contribution in [0.5, 0.6) is 0 Å². The van der Waals surface area contributed by atoms with Gasteiger partial charge in [-0.15, -0.1) is 0 Å². The van der Waals surface area contributed by atoms with Gasteiger partial charge in [0, 0.05) is 69.2 Å². The molecule has 4 rings (SSSR count). The molecule has 0 saturated carbocycles. The number of hydrogen-bond acceptors (Lipinski definition) is 5. The zero-order chi connectivity index (χ0) is 21.1. The number of nitrogens with one attached hydrogen (secondary N) is 1. The van der Waals surface area contributed by atoms with Crippen LogP contribution in [-0.2, 0) is 11.3 Å². The van der Waals surface area contributed by atoms with E-state index in [2.05, 4.69) is 32.0 Å². The van der Waals surface area contributed by atoms with Gasteiger partial charge in [-0.3, -0.25) is 19.5 Å². The summed E-state index contributed by atoms with van der Waals surface area (Å²) in [7, 11) is 1.87. The molecule has 1 amide bonds. The van der Waals surface area contributed by atoms with Crippen LogP contribution in [0.1, 0.15) is 18.9 Å². The van der Waals surface area contributed by atoms with Crippen molar-refractivity contribution in [1.82, 2.24) is 24.8 Å². The molecule has 1 saturated heterocycles. The van der Waals surface area contributed by atoms with Gasteiger partial charge in [-0.1, -0.05) is 24.3 Å². The quantitative estimate of drug-likeness (QED) is 0.708. The number of aromatic nitrogens is 3. The summed E-state index contributed by atoms with van der Waals surface area (Å²) >= 11 is 0. The number of amides is 1. The fourth-order valence-corrected chi connectivity index (χ4v) is 3.81. The minimum absolute atomic E-state index is 0.112. The fraction of sp³-hybridized carbons (Fsp3) is 0.304. The third-order valence-corrected chi connectivity index (χ3v) is 5.62. The van der Waals surface area contributed by atoms with E-state index in [1.807, 2.05) is 36.2 Å². The van der Waals surface area contributed by atoms with Crippen molar-refractivity contribution < 1.29 is 4.79 Å². The molecule has 0 aliphatic carbocycles. The van der Waals surface area contributed by atoms with E-state index in [1.165, 1.54) is 11.6 Å². The minimum Gasteiger partial charge on any atom is -0.342 e. The molecule has 0 spiro atoms. The molecule has 0 bridgehead atoms. The Morgan fingerprint density at radius 1 is 1.23 bits per heavy atom.